The molecule has 1 aliphatic rings. The van der Waals surface area contributed by atoms with Crippen LogP contribution in [-0.4, -0.2) is 5.91 Å². The summed E-state index contributed by atoms with van der Waals surface area (Å²) in [6, 6.07) is 5.55. The normalized spacial score (nSPS) is 20.8. The van der Waals surface area contributed by atoms with Crippen molar-refractivity contribution in [2.45, 2.75) is 13.3 Å². The number of amides is 1. The third-order valence-electron chi connectivity index (χ3n) is 2.30. The van der Waals surface area contributed by atoms with E-state index in [-0.39, 0.29) is 11.8 Å². The van der Waals surface area contributed by atoms with Crippen LogP contribution in [0.4, 0.5) is 5.69 Å². The molecule has 1 aliphatic heterocycles. The quantitative estimate of drug-likeness (QED) is 0.677. The smallest absolute Gasteiger partial charge is 0.227 e. The predicted octanol–water partition coefficient (Wildman–Crippen LogP) is 2.47. The first-order valence-electron chi connectivity index (χ1n) is 4.26. The number of hydrogen-bond acceptors (Lipinski definition) is 1. The highest BCUT2D eigenvalue weighted by atomic mass is 35.5. The SMILES string of the molecule is C[C@@H]1Cc2cc(Cl)ccc2NC1=O. The second kappa shape index (κ2) is 3.04. The van der Waals surface area contributed by atoms with E-state index in [0.717, 1.165) is 22.7 Å². The van der Waals surface area contributed by atoms with Crippen LogP contribution >= 0.6 is 11.6 Å². The molecule has 1 atom stereocenters. The molecule has 0 bridgehead atoms. The van der Waals surface area contributed by atoms with E-state index in [1.165, 1.54) is 0 Å². The molecular weight excluding hydrogens is 186 g/mol. The van der Waals surface area contributed by atoms with Crippen molar-refractivity contribution in [3.63, 3.8) is 0 Å². The molecule has 0 spiro atoms. The van der Waals surface area contributed by atoms with Gasteiger partial charge in [-0.25, -0.2) is 0 Å². The number of fused-ring (bicyclic) bond motifs is 1. The molecule has 0 aliphatic carbocycles. The lowest BCUT2D eigenvalue weighted by Crippen LogP contribution is -2.27. The molecule has 1 heterocycles. The van der Waals surface area contributed by atoms with E-state index in [9.17, 15) is 4.79 Å². The minimum Gasteiger partial charge on any atom is -0.326 e. The number of rotatable bonds is 0. The van der Waals surface area contributed by atoms with E-state index in [1.54, 1.807) is 6.07 Å². The summed E-state index contributed by atoms with van der Waals surface area (Å²) in [5, 5.41) is 3.56. The molecule has 2 rings (SSSR count). The van der Waals surface area contributed by atoms with E-state index in [1.807, 2.05) is 19.1 Å². The first-order chi connectivity index (χ1) is 6.16. The van der Waals surface area contributed by atoms with Crippen molar-refractivity contribution in [3.05, 3.63) is 28.8 Å². The van der Waals surface area contributed by atoms with Gasteiger partial charge in [-0.05, 0) is 30.2 Å². The van der Waals surface area contributed by atoms with Crippen molar-refractivity contribution in [1.29, 1.82) is 0 Å². The molecule has 0 aromatic heterocycles. The van der Waals surface area contributed by atoms with Crippen molar-refractivity contribution >= 4 is 23.2 Å². The van der Waals surface area contributed by atoms with Gasteiger partial charge in [-0.2, -0.15) is 0 Å². The molecule has 1 aromatic rings. The van der Waals surface area contributed by atoms with Gasteiger partial charge in [-0.3, -0.25) is 4.79 Å². The standard InChI is InChI=1S/C10H10ClNO/c1-6-4-7-5-8(11)2-3-9(7)12-10(6)13/h2-3,5-6H,4H2,1H3,(H,12,13)/t6-/m1/s1. The molecule has 0 unspecified atom stereocenters. The van der Waals surface area contributed by atoms with Crippen LogP contribution in [0, 0.1) is 5.92 Å². The predicted molar refractivity (Wildman–Crippen MR) is 52.9 cm³/mol. The van der Waals surface area contributed by atoms with E-state index in [4.69, 9.17) is 11.6 Å². The Labute approximate surface area is 81.9 Å². The van der Waals surface area contributed by atoms with Crippen molar-refractivity contribution in [1.82, 2.24) is 0 Å². The van der Waals surface area contributed by atoms with Gasteiger partial charge >= 0.3 is 0 Å². The van der Waals surface area contributed by atoms with Gasteiger partial charge in [0.1, 0.15) is 0 Å². The van der Waals surface area contributed by atoms with Crippen molar-refractivity contribution in [2.75, 3.05) is 5.32 Å². The molecule has 0 saturated carbocycles. The highest BCUT2D eigenvalue weighted by Crippen LogP contribution is 2.27. The monoisotopic (exact) mass is 195 g/mol. The van der Waals surface area contributed by atoms with Gasteiger partial charge in [0.15, 0.2) is 0 Å². The zero-order valence-corrected chi connectivity index (χ0v) is 8.06. The number of nitrogens with one attached hydrogen (secondary N) is 1. The fourth-order valence-electron chi connectivity index (χ4n) is 1.53. The van der Waals surface area contributed by atoms with Gasteiger partial charge in [0.05, 0.1) is 0 Å². The summed E-state index contributed by atoms with van der Waals surface area (Å²) in [4.78, 5) is 11.3. The second-order valence-corrected chi connectivity index (χ2v) is 3.83. The number of hydrogen-bond donors (Lipinski definition) is 1. The highest BCUT2D eigenvalue weighted by molar-refractivity contribution is 6.30. The molecule has 0 radical (unpaired) electrons. The molecule has 1 amide bonds. The lowest BCUT2D eigenvalue weighted by atomic mass is 9.95. The van der Waals surface area contributed by atoms with Crippen LogP contribution in [0.2, 0.25) is 5.02 Å². The second-order valence-electron chi connectivity index (χ2n) is 3.40. The maximum atomic E-state index is 11.3. The lowest BCUT2D eigenvalue weighted by Gasteiger charge is -2.21. The van der Waals surface area contributed by atoms with Crippen LogP contribution in [0.15, 0.2) is 18.2 Å². The molecule has 2 nitrogen and oxygen atoms in total. The Kier molecular flexibility index (Phi) is 2.00. The third-order valence-corrected chi connectivity index (χ3v) is 2.53. The Hall–Kier alpha value is -1.02. The summed E-state index contributed by atoms with van der Waals surface area (Å²) < 4.78 is 0. The van der Waals surface area contributed by atoms with E-state index in [2.05, 4.69) is 5.32 Å². The topological polar surface area (TPSA) is 29.1 Å². The van der Waals surface area contributed by atoms with Crippen molar-refractivity contribution in [2.24, 2.45) is 5.92 Å². The summed E-state index contributed by atoms with van der Waals surface area (Å²) in [6.45, 7) is 1.92. The van der Waals surface area contributed by atoms with Crippen molar-refractivity contribution in [3.8, 4) is 0 Å². The van der Waals surface area contributed by atoms with Crippen molar-refractivity contribution < 1.29 is 4.79 Å². The highest BCUT2D eigenvalue weighted by Gasteiger charge is 2.21. The van der Waals surface area contributed by atoms with Gasteiger partial charge in [0, 0.05) is 16.6 Å². The molecule has 1 N–H and O–H groups in total. The molecule has 68 valence electrons. The third kappa shape index (κ3) is 1.54. The largest absolute Gasteiger partial charge is 0.326 e. The molecule has 0 saturated heterocycles. The van der Waals surface area contributed by atoms with Crippen LogP contribution in [0.3, 0.4) is 0 Å². The fraction of sp³-hybridized carbons (Fsp3) is 0.300. The van der Waals surface area contributed by atoms with E-state index >= 15 is 0 Å². The number of benzene rings is 1. The van der Waals surface area contributed by atoms with E-state index in [0.29, 0.717) is 0 Å². The summed E-state index contributed by atoms with van der Waals surface area (Å²) in [7, 11) is 0. The maximum Gasteiger partial charge on any atom is 0.227 e. The van der Waals surface area contributed by atoms with Gasteiger partial charge in [0.25, 0.3) is 0 Å². The van der Waals surface area contributed by atoms with Gasteiger partial charge < -0.3 is 5.32 Å². The van der Waals surface area contributed by atoms with Crippen LogP contribution in [0.25, 0.3) is 0 Å². The Balaban J connectivity index is 2.42. The Morgan fingerprint density at radius 1 is 1.54 bits per heavy atom. The molecule has 3 heteroatoms. The van der Waals surface area contributed by atoms with E-state index < -0.39 is 0 Å². The molecule has 1 aromatic carbocycles. The van der Waals surface area contributed by atoms with Crippen LogP contribution in [0.1, 0.15) is 12.5 Å². The molecular formula is C10H10ClNO. The zero-order chi connectivity index (χ0) is 9.42. The van der Waals surface area contributed by atoms with Crippen LogP contribution in [0.5, 0.6) is 0 Å². The summed E-state index contributed by atoms with van der Waals surface area (Å²) >= 11 is 5.85. The first-order valence-corrected chi connectivity index (χ1v) is 4.64. The van der Waals surface area contributed by atoms with Gasteiger partial charge in [0.2, 0.25) is 5.91 Å². The average Bonchev–Trinajstić information content (AvgIpc) is 2.08. The molecule has 13 heavy (non-hydrogen) atoms. The average molecular weight is 196 g/mol. The first kappa shape index (κ1) is 8.57. The van der Waals surface area contributed by atoms with Crippen LogP contribution in [-0.2, 0) is 11.2 Å². The number of carbonyl (C=O) groups is 1. The zero-order valence-electron chi connectivity index (χ0n) is 7.30. The maximum absolute atomic E-state index is 11.3. The Morgan fingerprint density at radius 2 is 2.31 bits per heavy atom. The summed E-state index contributed by atoms with van der Waals surface area (Å²) in [5.41, 5.74) is 2.02. The Morgan fingerprint density at radius 3 is 3.08 bits per heavy atom. The number of halogens is 1. The van der Waals surface area contributed by atoms with Gasteiger partial charge in [-0.15, -0.1) is 0 Å². The number of anilines is 1. The molecule has 0 fully saturated rings. The van der Waals surface area contributed by atoms with Gasteiger partial charge in [-0.1, -0.05) is 18.5 Å². The Bertz CT molecular complexity index is 362. The summed E-state index contributed by atoms with van der Waals surface area (Å²) in [5.74, 6) is 0.140. The minimum absolute atomic E-state index is 0.0472. The summed E-state index contributed by atoms with van der Waals surface area (Å²) in [6.07, 6.45) is 0.779. The minimum atomic E-state index is 0.0472. The lowest BCUT2D eigenvalue weighted by molar-refractivity contribution is -0.119. The van der Waals surface area contributed by atoms with Crippen LogP contribution < -0.4 is 5.32 Å². The number of carbonyl (C=O) groups excluding carboxylic acids is 1. The fourth-order valence-corrected chi connectivity index (χ4v) is 1.73.